The number of esters is 1. The molecule has 0 bridgehead atoms. The van der Waals surface area contributed by atoms with Crippen molar-refractivity contribution in [3.63, 3.8) is 0 Å². The van der Waals surface area contributed by atoms with Gasteiger partial charge in [0.2, 0.25) is 0 Å². The van der Waals surface area contributed by atoms with E-state index in [-0.39, 0.29) is 24.7 Å². The molecule has 1 aromatic carbocycles. The molecule has 0 saturated heterocycles. The van der Waals surface area contributed by atoms with Gasteiger partial charge in [0.1, 0.15) is 11.6 Å². The zero-order valence-electron chi connectivity index (χ0n) is 20.1. The zero-order chi connectivity index (χ0) is 25.1. The third-order valence-electron chi connectivity index (χ3n) is 5.30. The Morgan fingerprint density at radius 3 is 2.44 bits per heavy atom. The number of amides is 1. The normalized spacial score (nSPS) is 10.7. The number of anilines is 2. The second-order valence-electron chi connectivity index (χ2n) is 7.97. The smallest absolute Gasteiger partial charge is 0.344 e. The summed E-state index contributed by atoms with van der Waals surface area (Å²) in [5, 5.41) is 0. The molecular weight excluding hydrogens is 440 g/mol. The molecule has 0 fully saturated rings. The highest BCUT2D eigenvalue weighted by atomic mass is 16.6. The Hall–Kier alpha value is -3.56. The number of hydrogen-bond donors (Lipinski definition) is 2. The van der Waals surface area contributed by atoms with Gasteiger partial charge in [-0.25, -0.2) is 9.59 Å². The van der Waals surface area contributed by atoms with E-state index in [1.165, 1.54) is 9.47 Å². The van der Waals surface area contributed by atoms with Gasteiger partial charge in [0.25, 0.3) is 11.5 Å². The molecule has 3 N–H and O–H groups in total. The molecule has 0 aliphatic heterocycles. The van der Waals surface area contributed by atoms with Crippen LogP contribution in [-0.2, 0) is 20.9 Å². The number of carbonyl (C=O) groups excluding carboxylic acids is 2. The van der Waals surface area contributed by atoms with Crippen LogP contribution in [-0.4, -0.2) is 41.2 Å². The molecule has 0 aliphatic rings. The predicted molar refractivity (Wildman–Crippen MR) is 130 cm³/mol. The van der Waals surface area contributed by atoms with Crippen molar-refractivity contribution in [2.75, 3.05) is 30.4 Å². The minimum atomic E-state index is -0.755. The molecule has 0 aliphatic carbocycles. The van der Waals surface area contributed by atoms with Gasteiger partial charge in [0.05, 0.1) is 0 Å². The van der Waals surface area contributed by atoms with Crippen LogP contribution in [0, 0.1) is 6.92 Å². The number of hydrogen-bond acceptors (Lipinski definition) is 7. The van der Waals surface area contributed by atoms with Gasteiger partial charge in [-0.15, -0.1) is 0 Å². The number of benzene rings is 1. The van der Waals surface area contributed by atoms with Crippen molar-refractivity contribution in [1.29, 1.82) is 0 Å². The molecule has 1 amide bonds. The van der Waals surface area contributed by atoms with Crippen LogP contribution in [0.4, 0.5) is 11.5 Å². The second-order valence-corrected chi connectivity index (χ2v) is 7.97. The summed E-state index contributed by atoms with van der Waals surface area (Å²) >= 11 is 0. The lowest BCUT2D eigenvalue weighted by Crippen LogP contribution is -2.43. The van der Waals surface area contributed by atoms with Crippen molar-refractivity contribution in [3.8, 4) is 5.75 Å². The summed E-state index contributed by atoms with van der Waals surface area (Å²) < 4.78 is 11.8. The fraction of sp³-hybridized carbons (Fsp3) is 0.500. The van der Waals surface area contributed by atoms with Crippen LogP contribution in [0.1, 0.15) is 51.5 Å². The molecule has 1 aromatic heterocycles. The zero-order valence-corrected chi connectivity index (χ0v) is 20.1. The number of nitrogens with two attached hydrogens (primary N) is 1. The molecule has 2 rings (SSSR count). The van der Waals surface area contributed by atoms with E-state index >= 15 is 0 Å². The van der Waals surface area contributed by atoms with Crippen LogP contribution in [0.25, 0.3) is 0 Å². The number of nitrogens with zero attached hydrogens (tertiary/aromatic N) is 2. The number of unbranched alkanes of at least 4 members (excludes halogenated alkanes) is 3. The Balaban J connectivity index is 2.16. The monoisotopic (exact) mass is 474 g/mol. The highest BCUT2D eigenvalue weighted by molar-refractivity contribution is 5.97. The van der Waals surface area contributed by atoms with Gasteiger partial charge in [-0.2, -0.15) is 0 Å². The molecular formula is C24H34N4O6. The van der Waals surface area contributed by atoms with Gasteiger partial charge >= 0.3 is 11.7 Å². The van der Waals surface area contributed by atoms with Crippen molar-refractivity contribution < 1.29 is 19.1 Å². The standard InChI is InChI=1S/C24H34N4O6/c1-4-6-10-14-27(21-22(25)28(13-7-5-2)24(32)26-23(21)31)19(29)15-34-20(30)16-33-18-12-9-8-11-17(18)3/h8-9,11-12H,4-7,10,13-16,25H2,1-3H3,(H,26,31,32). The molecule has 1 heterocycles. The van der Waals surface area contributed by atoms with Crippen LogP contribution < -0.4 is 26.6 Å². The number of para-hydroxylation sites is 1. The third kappa shape index (κ3) is 7.23. The summed E-state index contributed by atoms with van der Waals surface area (Å²) in [6.07, 6.45) is 3.83. The largest absolute Gasteiger partial charge is 0.482 e. The number of H-pyrrole nitrogens is 1. The Morgan fingerprint density at radius 2 is 1.76 bits per heavy atom. The maximum atomic E-state index is 13.0. The van der Waals surface area contributed by atoms with Crippen LogP contribution in [0.2, 0.25) is 0 Å². The Labute approximate surface area is 198 Å². The first-order valence-electron chi connectivity index (χ1n) is 11.6. The molecule has 10 heteroatoms. The summed E-state index contributed by atoms with van der Waals surface area (Å²) in [6.45, 7) is 5.38. The van der Waals surface area contributed by atoms with Crippen LogP contribution >= 0.6 is 0 Å². The average molecular weight is 475 g/mol. The number of ether oxygens (including phenoxy) is 2. The summed E-state index contributed by atoms with van der Waals surface area (Å²) in [4.78, 5) is 53.4. The molecule has 0 radical (unpaired) electrons. The quantitative estimate of drug-likeness (QED) is 0.336. The number of carbonyl (C=O) groups is 2. The third-order valence-corrected chi connectivity index (χ3v) is 5.30. The van der Waals surface area contributed by atoms with E-state index < -0.39 is 29.7 Å². The van der Waals surface area contributed by atoms with Crippen LogP contribution in [0.5, 0.6) is 5.75 Å². The Morgan fingerprint density at radius 1 is 1.06 bits per heavy atom. The number of nitrogen functional groups attached to an aromatic ring is 1. The lowest BCUT2D eigenvalue weighted by molar-refractivity contribution is -0.149. The molecule has 10 nitrogen and oxygen atoms in total. The number of aromatic amines is 1. The lowest BCUT2D eigenvalue weighted by Gasteiger charge is -2.24. The average Bonchev–Trinajstić information content (AvgIpc) is 2.80. The summed E-state index contributed by atoms with van der Waals surface area (Å²) in [5.41, 5.74) is 5.55. The van der Waals surface area contributed by atoms with E-state index in [9.17, 15) is 19.2 Å². The summed E-state index contributed by atoms with van der Waals surface area (Å²) in [5.74, 6) is -0.875. The van der Waals surface area contributed by atoms with Crippen molar-refractivity contribution >= 4 is 23.4 Å². The topological polar surface area (TPSA) is 137 Å². The highest BCUT2D eigenvalue weighted by Crippen LogP contribution is 2.19. The molecule has 2 aromatic rings. The predicted octanol–water partition coefficient (Wildman–Crippen LogP) is 2.37. The van der Waals surface area contributed by atoms with Crippen molar-refractivity contribution in [3.05, 3.63) is 50.7 Å². The molecule has 34 heavy (non-hydrogen) atoms. The number of aryl methyl sites for hydroxylation is 1. The maximum Gasteiger partial charge on any atom is 0.344 e. The molecule has 0 spiro atoms. The van der Waals surface area contributed by atoms with E-state index in [2.05, 4.69) is 4.98 Å². The molecule has 0 unspecified atom stereocenters. The summed E-state index contributed by atoms with van der Waals surface area (Å²) in [7, 11) is 0. The van der Waals surface area contributed by atoms with E-state index in [1.807, 2.05) is 32.9 Å². The minimum Gasteiger partial charge on any atom is -0.482 e. The first-order valence-corrected chi connectivity index (χ1v) is 11.6. The minimum absolute atomic E-state index is 0.0822. The van der Waals surface area contributed by atoms with Crippen molar-refractivity contribution in [1.82, 2.24) is 9.55 Å². The number of aromatic nitrogens is 2. The number of nitrogens with one attached hydrogen (secondary N) is 1. The van der Waals surface area contributed by atoms with E-state index in [0.29, 0.717) is 25.1 Å². The maximum absolute atomic E-state index is 13.0. The van der Waals surface area contributed by atoms with Gasteiger partial charge in [0.15, 0.2) is 18.9 Å². The first-order chi connectivity index (χ1) is 16.3. The first kappa shape index (κ1) is 26.7. The van der Waals surface area contributed by atoms with E-state index in [0.717, 1.165) is 24.8 Å². The van der Waals surface area contributed by atoms with Gasteiger partial charge in [-0.05, 0) is 31.4 Å². The van der Waals surface area contributed by atoms with Gasteiger partial charge in [0, 0.05) is 13.1 Å². The van der Waals surface area contributed by atoms with Crippen molar-refractivity contribution in [2.24, 2.45) is 0 Å². The van der Waals surface area contributed by atoms with Crippen LogP contribution in [0.15, 0.2) is 33.9 Å². The van der Waals surface area contributed by atoms with Crippen LogP contribution in [0.3, 0.4) is 0 Å². The van der Waals surface area contributed by atoms with E-state index in [1.54, 1.807) is 12.1 Å². The van der Waals surface area contributed by atoms with Gasteiger partial charge in [-0.1, -0.05) is 51.3 Å². The Kier molecular flexibility index (Phi) is 10.4. The lowest BCUT2D eigenvalue weighted by atomic mass is 10.2. The second kappa shape index (κ2) is 13.2. The fourth-order valence-electron chi connectivity index (χ4n) is 3.37. The SMILES string of the molecule is CCCCCN(C(=O)COC(=O)COc1ccccc1C)c1c(N)n(CCCC)c(=O)[nH]c1=O. The van der Waals surface area contributed by atoms with Gasteiger partial charge < -0.3 is 20.1 Å². The van der Waals surface area contributed by atoms with Gasteiger partial charge in [-0.3, -0.25) is 19.1 Å². The summed E-state index contributed by atoms with van der Waals surface area (Å²) in [6, 6.07) is 7.21. The molecule has 0 atom stereocenters. The molecule has 186 valence electrons. The van der Waals surface area contributed by atoms with Crippen molar-refractivity contribution in [2.45, 2.75) is 59.4 Å². The fourth-order valence-corrected chi connectivity index (χ4v) is 3.37. The van der Waals surface area contributed by atoms with E-state index in [4.69, 9.17) is 15.2 Å². The number of rotatable bonds is 13. The highest BCUT2D eigenvalue weighted by Gasteiger charge is 2.25. The Bertz CT molecular complexity index is 1090. The molecule has 0 saturated carbocycles.